The number of fused-ring (bicyclic) bond motifs is 1. The average Bonchev–Trinajstić information content (AvgIpc) is 3.12. The van der Waals surface area contributed by atoms with Crippen molar-refractivity contribution in [3.63, 3.8) is 0 Å². The molecule has 0 atom stereocenters. The fourth-order valence-corrected chi connectivity index (χ4v) is 4.72. The van der Waals surface area contributed by atoms with Gasteiger partial charge in [-0.3, -0.25) is 4.90 Å². The number of ether oxygens (including phenoxy) is 1. The molecule has 0 N–H and O–H groups in total. The Hall–Kier alpha value is -2.33. The first-order chi connectivity index (χ1) is 14.3. The first-order valence-corrected chi connectivity index (χ1v) is 11.1. The number of nitrogens with zero attached hydrogens (tertiary/aromatic N) is 3. The number of para-hydroxylation sites is 3. The van der Waals surface area contributed by atoms with Crippen molar-refractivity contribution in [1.82, 2.24) is 14.5 Å². The van der Waals surface area contributed by atoms with Crippen molar-refractivity contribution in [3.05, 3.63) is 59.9 Å². The van der Waals surface area contributed by atoms with Crippen LogP contribution in [0.1, 0.15) is 44.0 Å². The number of aromatic nitrogens is 2. The summed E-state index contributed by atoms with van der Waals surface area (Å²) in [6.45, 7) is 6.54. The Morgan fingerprint density at radius 3 is 2.59 bits per heavy atom. The van der Waals surface area contributed by atoms with Crippen LogP contribution in [0.25, 0.3) is 11.0 Å². The van der Waals surface area contributed by atoms with Gasteiger partial charge in [-0.25, -0.2) is 4.98 Å². The molecule has 0 aliphatic carbocycles. The van der Waals surface area contributed by atoms with Gasteiger partial charge in [-0.15, -0.1) is 0 Å². The summed E-state index contributed by atoms with van der Waals surface area (Å²) in [5, 5.41) is 0. The first-order valence-electron chi connectivity index (χ1n) is 11.1. The highest BCUT2D eigenvalue weighted by atomic mass is 16.5. The van der Waals surface area contributed by atoms with Gasteiger partial charge in [0.1, 0.15) is 11.6 Å². The van der Waals surface area contributed by atoms with Gasteiger partial charge in [-0.1, -0.05) is 36.8 Å². The van der Waals surface area contributed by atoms with E-state index in [0.717, 1.165) is 36.7 Å². The molecule has 0 radical (unpaired) electrons. The fourth-order valence-electron chi connectivity index (χ4n) is 4.72. The number of imidazole rings is 1. The summed E-state index contributed by atoms with van der Waals surface area (Å²) in [5.74, 6) is 3.09. The van der Waals surface area contributed by atoms with E-state index in [9.17, 15) is 0 Å². The fraction of sp³-hybridized carbons (Fsp3) is 0.480. The molecule has 2 aromatic carbocycles. The van der Waals surface area contributed by atoms with E-state index in [1.165, 1.54) is 55.7 Å². The molecule has 29 heavy (non-hydrogen) atoms. The lowest BCUT2D eigenvalue weighted by molar-refractivity contribution is 0.166. The van der Waals surface area contributed by atoms with E-state index < -0.39 is 0 Å². The highest BCUT2D eigenvalue weighted by Crippen LogP contribution is 2.26. The van der Waals surface area contributed by atoms with Crippen LogP contribution >= 0.6 is 0 Å². The SMILES string of the molecule is CCn1c(CN2CCC(CCCc3ccccc3OC)CC2)nc2ccccc21. The van der Waals surface area contributed by atoms with Gasteiger partial charge in [-0.2, -0.15) is 0 Å². The molecule has 0 saturated carbocycles. The highest BCUT2D eigenvalue weighted by Gasteiger charge is 2.21. The molecular weight excluding hydrogens is 358 g/mol. The molecule has 1 aliphatic rings. The summed E-state index contributed by atoms with van der Waals surface area (Å²) >= 11 is 0. The Labute approximate surface area is 174 Å². The summed E-state index contributed by atoms with van der Waals surface area (Å²) in [6, 6.07) is 16.9. The third kappa shape index (κ3) is 4.64. The van der Waals surface area contributed by atoms with E-state index in [-0.39, 0.29) is 0 Å². The summed E-state index contributed by atoms with van der Waals surface area (Å²) in [6.07, 6.45) is 6.29. The van der Waals surface area contributed by atoms with Gasteiger partial charge in [0.2, 0.25) is 0 Å². The molecule has 0 spiro atoms. The molecule has 1 saturated heterocycles. The van der Waals surface area contributed by atoms with Crippen molar-refractivity contribution < 1.29 is 4.74 Å². The molecule has 0 amide bonds. The second-order valence-electron chi connectivity index (χ2n) is 8.18. The molecule has 1 aromatic heterocycles. The second kappa shape index (κ2) is 9.45. The van der Waals surface area contributed by atoms with Gasteiger partial charge in [-0.05, 0) is 75.4 Å². The number of piperidine rings is 1. The highest BCUT2D eigenvalue weighted by molar-refractivity contribution is 5.75. The number of rotatable bonds is 8. The number of aryl methyl sites for hydroxylation is 2. The van der Waals surface area contributed by atoms with Crippen LogP contribution in [-0.2, 0) is 19.5 Å². The third-order valence-corrected chi connectivity index (χ3v) is 6.37. The van der Waals surface area contributed by atoms with Gasteiger partial charge in [0, 0.05) is 6.54 Å². The van der Waals surface area contributed by atoms with Crippen LogP contribution in [0.2, 0.25) is 0 Å². The van der Waals surface area contributed by atoms with Crippen molar-refractivity contribution in [2.45, 2.75) is 52.1 Å². The molecule has 4 nitrogen and oxygen atoms in total. The van der Waals surface area contributed by atoms with E-state index in [1.807, 2.05) is 6.07 Å². The van der Waals surface area contributed by atoms with Gasteiger partial charge < -0.3 is 9.30 Å². The predicted octanol–water partition coefficient (Wildman–Crippen LogP) is 5.30. The molecule has 1 aliphatic heterocycles. The van der Waals surface area contributed by atoms with Gasteiger partial charge in [0.15, 0.2) is 0 Å². The first kappa shape index (κ1) is 20.0. The minimum absolute atomic E-state index is 0.853. The average molecular weight is 392 g/mol. The summed E-state index contributed by atoms with van der Waals surface area (Å²) in [4.78, 5) is 7.49. The van der Waals surface area contributed by atoms with Crippen LogP contribution in [0.3, 0.4) is 0 Å². The molecule has 0 bridgehead atoms. The summed E-state index contributed by atoms with van der Waals surface area (Å²) in [7, 11) is 1.77. The Morgan fingerprint density at radius 2 is 1.79 bits per heavy atom. The van der Waals surface area contributed by atoms with Gasteiger partial charge in [0.25, 0.3) is 0 Å². The maximum Gasteiger partial charge on any atom is 0.124 e. The van der Waals surface area contributed by atoms with Crippen LogP contribution < -0.4 is 4.74 Å². The number of hydrogen-bond acceptors (Lipinski definition) is 3. The van der Waals surface area contributed by atoms with Crippen molar-refractivity contribution >= 4 is 11.0 Å². The smallest absolute Gasteiger partial charge is 0.124 e. The van der Waals surface area contributed by atoms with Crippen LogP contribution in [0.5, 0.6) is 5.75 Å². The standard InChI is InChI=1S/C25H33N3O/c1-3-28-23-13-6-5-12-22(23)26-25(28)19-27-17-15-20(16-18-27)9-8-11-21-10-4-7-14-24(21)29-2/h4-7,10,12-14,20H,3,8-9,11,15-19H2,1-2H3. The zero-order chi connectivity index (χ0) is 20.1. The lowest BCUT2D eigenvalue weighted by atomic mass is 9.90. The summed E-state index contributed by atoms with van der Waals surface area (Å²) in [5.41, 5.74) is 3.72. The molecular formula is C25H33N3O. The maximum absolute atomic E-state index is 5.48. The van der Waals surface area contributed by atoms with Gasteiger partial charge >= 0.3 is 0 Å². The number of methoxy groups -OCH3 is 1. The number of likely N-dealkylation sites (tertiary alicyclic amines) is 1. The molecule has 0 unspecified atom stereocenters. The van der Waals surface area contributed by atoms with Crippen molar-refractivity contribution in [1.29, 1.82) is 0 Å². The Balaban J connectivity index is 1.27. The monoisotopic (exact) mass is 391 g/mol. The molecule has 2 heterocycles. The molecule has 154 valence electrons. The van der Waals surface area contributed by atoms with E-state index >= 15 is 0 Å². The van der Waals surface area contributed by atoms with Gasteiger partial charge in [0.05, 0.1) is 24.7 Å². The number of hydrogen-bond donors (Lipinski definition) is 0. The quantitative estimate of drug-likeness (QED) is 0.522. The van der Waals surface area contributed by atoms with Crippen molar-refractivity contribution in [3.8, 4) is 5.75 Å². The van der Waals surface area contributed by atoms with Crippen LogP contribution in [0.4, 0.5) is 0 Å². The molecule has 4 rings (SSSR count). The van der Waals surface area contributed by atoms with E-state index in [4.69, 9.17) is 9.72 Å². The zero-order valence-electron chi connectivity index (χ0n) is 17.8. The topological polar surface area (TPSA) is 30.3 Å². The number of benzene rings is 2. The Bertz CT molecular complexity index is 925. The maximum atomic E-state index is 5.48. The Kier molecular flexibility index (Phi) is 6.50. The Morgan fingerprint density at radius 1 is 1.03 bits per heavy atom. The van der Waals surface area contributed by atoms with Crippen molar-refractivity contribution in [2.24, 2.45) is 5.92 Å². The normalized spacial score (nSPS) is 15.8. The van der Waals surface area contributed by atoms with E-state index in [0.29, 0.717) is 0 Å². The van der Waals surface area contributed by atoms with E-state index in [2.05, 4.69) is 58.9 Å². The molecule has 3 aromatic rings. The minimum atomic E-state index is 0.853. The van der Waals surface area contributed by atoms with Crippen LogP contribution in [-0.4, -0.2) is 34.7 Å². The third-order valence-electron chi connectivity index (χ3n) is 6.37. The largest absolute Gasteiger partial charge is 0.496 e. The second-order valence-corrected chi connectivity index (χ2v) is 8.18. The van der Waals surface area contributed by atoms with Crippen LogP contribution in [0.15, 0.2) is 48.5 Å². The summed E-state index contributed by atoms with van der Waals surface area (Å²) < 4.78 is 7.85. The van der Waals surface area contributed by atoms with Crippen molar-refractivity contribution in [2.75, 3.05) is 20.2 Å². The lowest BCUT2D eigenvalue weighted by Crippen LogP contribution is -2.34. The lowest BCUT2D eigenvalue weighted by Gasteiger charge is -2.31. The van der Waals surface area contributed by atoms with E-state index in [1.54, 1.807) is 7.11 Å². The predicted molar refractivity (Wildman–Crippen MR) is 119 cm³/mol. The van der Waals surface area contributed by atoms with Crippen LogP contribution in [0, 0.1) is 5.92 Å². The minimum Gasteiger partial charge on any atom is -0.496 e. The molecule has 4 heteroatoms. The zero-order valence-corrected chi connectivity index (χ0v) is 17.8. The molecule has 1 fully saturated rings.